The van der Waals surface area contributed by atoms with Crippen LogP contribution in [0.1, 0.15) is 5.56 Å². The Labute approximate surface area is 130 Å². The lowest BCUT2D eigenvalue weighted by atomic mass is 10.2. The van der Waals surface area contributed by atoms with Crippen LogP contribution in [0.25, 0.3) is 0 Å². The predicted octanol–water partition coefficient (Wildman–Crippen LogP) is 3.40. The van der Waals surface area contributed by atoms with Crippen molar-refractivity contribution in [3.63, 3.8) is 0 Å². The standard InChI is InChI=1S/C13H11BrClNO3S/c14-12-7-10(4-5-13(12)15)16-20(18,19)11-3-1-2-9(6-11)8-17/h1-7,16-17H,8H2. The van der Waals surface area contributed by atoms with Gasteiger partial charge in [0.25, 0.3) is 10.0 Å². The highest BCUT2D eigenvalue weighted by Crippen LogP contribution is 2.27. The van der Waals surface area contributed by atoms with Crippen molar-refractivity contribution >= 4 is 43.2 Å². The van der Waals surface area contributed by atoms with Crippen LogP contribution in [0, 0.1) is 0 Å². The number of benzene rings is 2. The van der Waals surface area contributed by atoms with E-state index < -0.39 is 10.0 Å². The number of hydrogen-bond donors (Lipinski definition) is 2. The fourth-order valence-electron chi connectivity index (χ4n) is 1.58. The lowest BCUT2D eigenvalue weighted by molar-refractivity contribution is 0.281. The van der Waals surface area contributed by atoms with E-state index in [-0.39, 0.29) is 11.5 Å². The number of aliphatic hydroxyl groups is 1. The molecule has 0 atom stereocenters. The second-order valence-electron chi connectivity index (χ2n) is 4.04. The van der Waals surface area contributed by atoms with Gasteiger partial charge in [-0.2, -0.15) is 0 Å². The number of halogens is 2. The molecular formula is C13H11BrClNO3S. The Balaban J connectivity index is 2.32. The second kappa shape index (κ2) is 6.13. The maximum Gasteiger partial charge on any atom is 0.261 e. The molecule has 0 heterocycles. The minimum Gasteiger partial charge on any atom is -0.392 e. The highest BCUT2D eigenvalue weighted by Gasteiger charge is 2.15. The summed E-state index contributed by atoms with van der Waals surface area (Å²) in [5, 5.41) is 9.54. The number of sulfonamides is 1. The monoisotopic (exact) mass is 375 g/mol. The van der Waals surface area contributed by atoms with Crippen LogP contribution in [0.4, 0.5) is 5.69 Å². The van der Waals surface area contributed by atoms with Crippen molar-refractivity contribution < 1.29 is 13.5 Å². The first-order chi connectivity index (χ1) is 9.42. The van der Waals surface area contributed by atoms with E-state index in [1.165, 1.54) is 12.1 Å². The summed E-state index contributed by atoms with van der Waals surface area (Å²) in [5.74, 6) is 0. The Morgan fingerprint density at radius 2 is 1.95 bits per heavy atom. The number of anilines is 1. The number of hydrogen-bond acceptors (Lipinski definition) is 3. The van der Waals surface area contributed by atoms with Gasteiger partial charge in [-0.1, -0.05) is 23.7 Å². The molecule has 0 radical (unpaired) electrons. The summed E-state index contributed by atoms with van der Waals surface area (Å²) >= 11 is 9.09. The predicted molar refractivity (Wildman–Crippen MR) is 82.3 cm³/mol. The molecule has 2 aromatic rings. The SMILES string of the molecule is O=S(=O)(Nc1ccc(Cl)c(Br)c1)c1cccc(CO)c1. The van der Waals surface area contributed by atoms with Gasteiger partial charge in [0, 0.05) is 4.47 Å². The van der Waals surface area contributed by atoms with Crippen LogP contribution < -0.4 is 4.72 Å². The molecule has 0 aliphatic heterocycles. The molecule has 0 bridgehead atoms. The van der Waals surface area contributed by atoms with Gasteiger partial charge in [0.1, 0.15) is 0 Å². The van der Waals surface area contributed by atoms with Gasteiger partial charge in [0.05, 0.1) is 22.2 Å². The molecule has 4 nitrogen and oxygen atoms in total. The van der Waals surface area contributed by atoms with Gasteiger partial charge in [-0.15, -0.1) is 0 Å². The summed E-state index contributed by atoms with van der Waals surface area (Å²) in [6.45, 7) is -0.212. The van der Waals surface area contributed by atoms with Gasteiger partial charge in [0.15, 0.2) is 0 Å². The topological polar surface area (TPSA) is 66.4 Å². The molecule has 0 aromatic heterocycles. The first kappa shape index (κ1) is 15.3. The van der Waals surface area contributed by atoms with Crippen molar-refractivity contribution in [2.45, 2.75) is 11.5 Å². The van der Waals surface area contributed by atoms with Crippen LogP contribution in [-0.4, -0.2) is 13.5 Å². The molecule has 2 N–H and O–H groups in total. The Morgan fingerprint density at radius 3 is 2.60 bits per heavy atom. The summed E-state index contributed by atoms with van der Waals surface area (Å²) in [5.41, 5.74) is 0.931. The maximum atomic E-state index is 12.2. The van der Waals surface area contributed by atoms with Crippen molar-refractivity contribution in [1.29, 1.82) is 0 Å². The number of rotatable bonds is 4. The Bertz CT molecular complexity index is 734. The van der Waals surface area contributed by atoms with E-state index in [4.69, 9.17) is 16.7 Å². The van der Waals surface area contributed by atoms with Crippen LogP contribution in [0.3, 0.4) is 0 Å². The molecule has 106 valence electrons. The van der Waals surface area contributed by atoms with Gasteiger partial charge >= 0.3 is 0 Å². The lowest BCUT2D eigenvalue weighted by Crippen LogP contribution is -2.13. The van der Waals surface area contributed by atoms with E-state index in [9.17, 15) is 8.42 Å². The van der Waals surface area contributed by atoms with Crippen LogP contribution >= 0.6 is 27.5 Å². The molecule has 2 rings (SSSR count). The third kappa shape index (κ3) is 3.52. The van der Waals surface area contributed by atoms with E-state index >= 15 is 0 Å². The summed E-state index contributed by atoms with van der Waals surface area (Å²) in [6, 6.07) is 10.9. The van der Waals surface area contributed by atoms with Crippen molar-refractivity contribution in [3.8, 4) is 0 Å². The first-order valence-corrected chi connectivity index (χ1v) is 8.25. The molecule has 0 aliphatic carbocycles. The Morgan fingerprint density at radius 1 is 1.20 bits per heavy atom. The second-order valence-corrected chi connectivity index (χ2v) is 6.98. The lowest BCUT2D eigenvalue weighted by Gasteiger charge is -2.09. The molecule has 7 heteroatoms. The van der Waals surface area contributed by atoms with E-state index in [0.717, 1.165) is 0 Å². The largest absolute Gasteiger partial charge is 0.392 e. The summed E-state index contributed by atoms with van der Waals surface area (Å²) < 4.78 is 27.5. The Kier molecular flexibility index (Phi) is 4.70. The minimum absolute atomic E-state index is 0.0927. The van der Waals surface area contributed by atoms with Crippen molar-refractivity contribution in [2.24, 2.45) is 0 Å². The fraction of sp³-hybridized carbons (Fsp3) is 0.0769. The van der Waals surface area contributed by atoms with Crippen molar-refractivity contribution in [2.75, 3.05) is 4.72 Å². The van der Waals surface area contributed by atoms with Gasteiger partial charge < -0.3 is 5.11 Å². The third-order valence-corrected chi connectivity index (χ3v) is 5.16. The van der Waals surface area contributed by atoms with Gasteiger partial charge in [-0.05, 0) is 51.8 Å². The summed E-state index contributed by atoms with van der Waals surface area (Å²) in [6.07, 6.45) is 0. The van der Waals surface area contributed by atoms with Gasteiger partial charge in [-0.25, -0.2) is 8.42 Å². The zero-order valence-corrected chi connectivity index (χ0v) is 13.3. The molecule has 0 spiro atoms. The Hall–Kier alpha value is -1.08. The zero-order chi connectivity index (χ0) is 14.8. The summed E-state index contributed by atoms with van der Waals surface area (Å²) in [4.78, 5) is 0.0927. The number of nitrogens with one attached hydrogen (secondary N) is 1. The third-order valence-electron chi connectivity index (χ3n) is 2.56. The average molecular weight is 377 g/mol. The highest BCUT2D eigenvalue weighted by atomic mass is 79.9. The van der Waals surface area contributed by atoms with E-state index in [1.807, 2.05) is 0 Å². The molecular weight excluding hydrogens is 366 g/mol. The van der Waals surface area contributed by atoms with Crippen LogP contribution in [0.2, 0.25) is 5.02 Å². The zero-order valence-electron chi connectivity index (χ0n) is 10.2. The van der Waals surface area contributed by atoms with Crippen LogP contribution in [0.5, 0.6) is 0 Å². The first-order valence-electron chi connectivity index (χ1n) is 5.60. The highest BCUT2D eigenvalue weighted by molar-refractivity contribution is 9.10. The smallest absolute Gasteiger partial charge is 0.261 e. The van der Waals surface area contributed by atoms with Crippen LogP contribution in [-0.2, 0) is 16.6 Å². The minimum atomic E-state index is -3.70. The van der Waals surface area contributed by atoms with Crippen LogP contribution in [0.15, 0.2) is 51.8 Å². The molecule has 0 amide bonds. The van der Waals surface area contributed by atoms with Crippen molar-refractivity contribution in [3.05, 3.63) is 57.5 Å². The van der Waals surface area contributed by atoms with Gasteiger partial charge in [0.2, 0.25) is 0 Å². The molecule has 0 saturated heterocycles. The number of aliphatic hydroxyl groups excluding tert-OH is 1. The summed E-state index contributed by atoms with van der Waals surface area (Å²) in [7, 11) is -3.70. The average Bonchev–Trinajstić information content (AvgIpc) is 2.43. The van der Waals surface area contributed by atoms with Crippen molar-refractivity contribution in [1.82, 2.24) is 0 Å². The fourth-order valence-corrected chi connectivity index (χ4v) is 3.20. The normalized spacial score (nSPS) is 11.3. The van der Waals surface area contributed by atoms with E-state index in [2.05, 4.69) is 20.7 Å². The molecule has 2 aromatic carbocycles. The molecule has 20 heavy (non-hydrogen) atoms. The van der Waals surface area contributed by atoms with E-state index in [0.29, 0.717) is 20.7 Å². The maximum absolute atomic E-state index is 12.2. The molecule has 0 aliphatic rings. The van der Waals surface area contributed by atoms with Gasteiger partial charge in [-0.3, -0.25) is 4.72 Å². The molecule has 0 saturated carbocycles. The molecule has 0 unspecified atom stereocenters. The van der Waals surface area contributed by atoms with E-state index in [1.54, 1.807) is 30.3 Å². The quantitative estimate of drug-likeness (QED) is 0.859. The molecule has 0 fully saturated rings.